The first kappa shape index (κ1) is 23.7. The van der Waals surface area contributed by atoms with Gasteiger partial charge in [0.2, 0.25) is 0 Å². The van der Waals surface area contributed by atoms with Crippen molar-refractivity contribution in [1.29, 1.82) is 0 Å². The van der Waals surface area contributed by atoms with Crippen LogP contribution in [-0.4, -0.2) is 43.1 Å². The summed E-state index contributed by atoms with van der Waals surface area (Å²) >= 11 is 1.23. The van der Waals surface area contributed by atoms with Crippen molar-refractivity contribution < 1.29 is 13.6 Å². The number of rotatable bonds is 5. The van der Waals surface area contributed by atoms with Gasteiger partial charge in [-0.1, -0.05) is 0 Å². The first-order valence-electron chi connectivity index (χ1n) is 10.8. The van der Waals surface area contributed by atoms with Crippen molar-refractivity contribution in [2.75, 3.05) is 36.8 Å². The van der Waals surface area contributed by atoms with Crippen LogP contribution in [0.5, 0.6) is 0 Å². The summed E-state index contributed by atoms with van der Waals surface area (Å²) in [6, 6.07) is 6.58. The lowest BCUT2D eigenvalue weighted by Gasteiger charge is -2.21. The quantitative estimate of drug-likeness (QED) is 0.505. The van der Waals surface area contributed by atoms with Gasteiger partial charge in [-0.2, -0.15) is 0 Å². The van der Waals surface area contributed by atoms with Gasteiger partial charge in [0.05, 0.1) is 11.4 Å². The summed E-state index contributed by atoms with van der Waals surface area (Å²) in [4.78, 5) is 20.0. The summed E-state index contributed by atoms with van der Waals surface area (Å²) in [6.45, 7) is 4.48. The molecule has 1 aromatic carbocycles. The molecule has 0 aliphatic carbocycles. The smallest absolute Gasteiger partial charge is 0.263 e. The SMILES string of the molecule is Cc1ccc2c(N)c(C(=O)NCCc3cc(F)c(N4C[C@@H]5CCN[C@@H]5C4)cc3F)sc2n1.Cl. The third kappa shape index (κ3) is 4.49. The molecular formula is C23H26ClF2N5OS. The lowest BCUT2D eigenvalue weighted by molar-refractivity contribution is 0.0959. The lowest BCUT2D eigenvalue weighted by Crippen LogP contribution is -2.30. The van der Waals surface area contributed by atoms with Crippen LogP contribution in [0.15, 0.2) is 24.3 Å². The Bertz CT molecular complexity index is 1190. The van der Waals surface area contributed by atoms with Crippen molar-refractivity contribution >= 4 is 51.2 Å². The zero-order valence-electron chi connectivity index (χ0n) is 18.2. The first-order chi connectivity index (χ1) is 15.4. The van der Waals surface area contributed by atoms with Crippen LogP contribution in [-0.2, 0) is 6.42 Å². The van der Waals surface area contributed by atoms with E-state index in [0.29, 0.717) is 39.6 Å². The number of hydrogen-bond acceptors (Lipinski definition) is 6. The predicted octanol–water partition coefficient (Wildman–Crippen LogP) is 3.66. The third-order valence-corrected chi connectivity index (χ3v) is 7.55. The minimum absolute atomic E-state index is 0. The minimum atomic E-state index is -0.457. The molecule has 2 aliphatic rings. The molecule has 3 aromatic rings. The van der Waals surface area contributed by atoms with E-state index in [4.69, 9.17) is 5.73 Å². The normalized spacial score (nSPS) is 19.5. The standard InChI is InChI=1S/C23H25F2N5OS.ClH/c1-12-2-3-15-20(26)21(32-23(15)29-12)22(31)28-7-4-13-8-17(25)19(9-16(13)24)30-10-14-5-6-27-18(14)11-30;/h2-3,8-9,14,18,27H,4-7,10-11,26H2,1H3,(H,28,31);1H/t14-,18+;/m0./s1. The minimum Gasteiger partial charge on any atom is -0.397 e. The number of aromatic nitrogens is 1. The van der Waals surface area contributed by atoms with Crippen molar-refractivity contribution in [3.8, 4) is 0 Å². The number of thiophene rings is 1. The van der Waals surface area contributed by atoms with Crippen LogP contribution < -0.4 is 21.3 Å². The Morgan fingerprint density at radius 3 is 2.91 bits per heavy atom. The largest absolute Gasteiger partial charge is 0.397 e. The summed E-state index contributed by atoms with van der Waals surface area (Å²) in [6.07, 6.45) is 1.26. The average molecular weight is 494 g/mol. The summed E-state index contributed by atoms with van der Waals surface area (Å²) < 4.78 is 29.5. The van der Waals surface area contributed by atoms with Gasteiger partial charge in [0.15, 0.2) is 0 Å². The number of nitrogens with two attached hydrogens (primary N) is 1. The number of aryl methyl sites for hydroxylation is 1. The van der Waals surface area contributed by atoms with E-state index in [0.717, 1.165) is 30.6 Å². The van der Waals surface area contributed by atoms with Crippen molar-refractivity contribution in [1.82, 2.24) is 15.6 Å². The van der Waals surface area contributed by atoms with Gasteiger partial charge in [-0.15, -0.1) is 23.7 Å². The Morgan fingerprint density at radius 2 is 2.12 bits per heavy atom. The van der Waals surface area contributed by atoms with E-state index in [9.17, 15) is 13.6 Å². The van der Waals surface area contributed by atoms with Crippen LogP contribution in [0.25, 0.3) is 10.2 Å². The van der Waals surface area contributed by atoms with Gasteiger partial charge in [-0.05, 0) is 56.0 Å². The van der Waals surface area contributed by atoms with Crippen LogP contribution in [0.2, 0.25) is 0 Å². The number of pyridine rings is 1. The maximum Gasteiger partial charge on any atom is 0.263 e. The maximum absolute atomic E-state index is 14.8. The van der Waals surface area contributed by atoms with Crippen LogP contribution in [0.4, 0.5) is 20.2 Å². The summed E-state index contributed by atoms with van der Waals surface area (Å²) in [5.41, 5.74) is 7.91. The second-order valence-corrected chi connectivity index (χ2v) is 9.56. The Morgan fingerprint density at radius 1 is 1.30 bits per heavy atom. The van der Waals surface area contributed by atoms with E-state index >= 15 is 0 Å². The molecule has 2 saturated heterocycles. The number of nitrogen functional groups attached to an aromatic ring is 1. The highest BCUT2D eigenvalue weighted by Gasteiger charge is 2.37. The van der Waals surface area contributed by atoms with E-state index in [1.165, 1.54) is 23.5 Å². The molecule has 2 fully saturated rings. The van der Waals surface area contributed by atoms with Crippen molar-refractivity contribution in [3.63, 3.8) is 0 Å². The predicted molar refractivity (Wildman–Crippen MR) is 131 cm³/mol. The van der Waals surface area contributed by atoms with Crippen molar-refractivity contribution in [2.24, 2.45) is 5.92 Å². The first-order valence-corrected chi connectivity index (χ1v) is 11.6. The van der Waals surface area contributed by atoms with Gasteiger partial charge in [-0.25, -0.2) is 13.8 Å². The van der Waals surface area contributed by atoms with Crippen LogP contribution in [0, 0.1) is 24.5 Å². The highest BCUT2D eigenvalue weighted by molar-refractivity contribution is 7.21. The molecule has 0 unspecified atom stereocenters. The fraction of sp³-hybridized carbons (Fsp3) is 0.391. The highest BCUT2D eigenvalue weighted by atomic mass is 35.5. The Labute approximate surface area is 201 Å². The van der Waals surface area contributed by atoms with Gasteiger partial charge in [0.1, 0.15) is 21.3 Å². The molecule has 4 heterocycles. The van der Waals surface area contributed by atoms with Gasteiger partial charge < -0.3 is 21.3 Å². The molecule has 6 nitrogen and oxygen atoms in total. The van der Waals surface area contributed by atoms with E-state index in [2.05, 4.69) is 15.6 Å². The third-order valence-electron chi connectivity index (χ3n) is 6.44. The van der Waals surface area contributed by atoms with Crippen molar-refractivity contribution in [3.05, 3.63) is 52.0 Å². The molecule has 2 aromatic heterocycles. The molecule has 5 rings (SSSR count). The number of amides is 1. The van der Waals surface area contributed by atoms with Gasteiger partial charge in [-0.3, -0.25) is 4.79 Å². The maximum atomic E-state index is 14.8. The number of carbonyl (C=O) groups is 1. The highest BCUT2D eigenvalue weighted by Crippen LogP contribution is 2.33. The molecular weight excluding hydrogens is 468 g/mol. The average Bonchev–Trinajstić information content (AvgIpc) is 3.44. The molecule has 2 aliphatic heterocycles. The second kappa shape index (κ2) is 9.40. The number of benzene rings is 1. The molecule has 0 bridgehead atoms. The van der Waals surface area contributed by atoms with E-state index in [1.807, 2.05) is 24.0 Å². The molecule has 176 valence electrons. The molecule has 0 spiro atoms. The number of nitrogens with one attached hydrogen (secondary N) is 2. The van der Waals surface area contributed by atoms with Gasteiger partial charge in [0, 0.05) is 42.8 Å². The molecule has 2 atom stereocenters. The van der Waals surface area contributed by atoms with Gasteiger partial charge >= 0.3 is 0 Å². The van der Waals surface area contributed by atoms with E-state index < -0.39 is 11.6 Å². The Balaban J connectivity index is 0.00000259. The number of hydrogen-bond donors (Lipinski definition) is 3. The summed E-state index contributed by atoms with van der Waals surface area (Å²) in [5, 5.41) is 6.93. The topological polar surface area (TPSA) is 83.3 Å². The molecule has 1 amide bonds. The monoisotopic (exact) mass is 493 g/mol. The molecule has 4 N–H and O–H groups in total. The molecule has 33 heavy (non-hydrogen) atoms. The molecule has 10 heteroatoms. The Hall–Kier alpha value is -2.49. The van der Waals surface area contributed by atoms with Gasteiger partial charge in [0.25, 0.3) is 5.91 Å². The van der Waals surface area contributed by atoms with Crippen LogP contribution in [0.3, 0.4) is 0 Å². The molecule has 0 saturated carbocycles. The fourth-order valence-electron chi connectivity index (χ4n) is 4.71. The number of anilines is 2. The second-order valence-electron chi connectivity index (χ2n) is 8.57. The molecule has 0 radical (unpaired) electrons. The Kier molecular flexibility index (Phi) is 6.74. The van der Waals surface area contributed by atoms with Crippen LogP contribution >= 0.6 is 23.7 Å². The fourth-order valence-corrected chi connectivity index (χ4v) is 5.76. The number of fused-ring (bicyclic) bond motifs is 2. The summed E-state index contributed by atoms with van der Waals surface area (Å²) in [5.74, 6) is -0.728. The van der Waals surface area contributed by atoms with E-state index in [1.54, 1.807) is 0 Å². The lowest BCUT2D eigenvalue weighted by atomic mass is 10.1. The van der Waals surface area contributed by atoms with E-state index in [-0.39, 0.29) is 36.8 Å². The zero-order valence-corrected chi connectivity index (χ0v) is 19.8. The number of halogens is 3. The zero-order chi connectivity index (χ0) is 22.4. The number of nitrogens with zero attached hydrogens (tertiary/aromatic N) is 2. The van der Waals surface area contributed by atoms with Crippen molar-refractivity contribution in [2.45, 2.75) is 25.8 Å². The van der Waals surface area contributed by atoms with Crippen LogP contribution in [0.1, 0.15) is 27.3 Å². The summed E-state index contributed by atoms with van der Waals surface area (Å²) in [7, 11) is 0. The number of carbonyl (C=O) groups excluding carboxylic acids is 1.